The summed E-state index contributed by atoms with van der Waals surface area (Å²) >= 11 is 0. The van der Waals surface area contributed by atoms with Crippen LogP contribution in [0.3, 0.4) is 0 Å². The predicted octanol–water partition coefficient (Wildman–Crippen LogP) is 2.34. The fourth-order valence-electron chi connectivity index (χ4n) is 2.80. The second-order valence-electron chi connectivity index (χ2n) is 6.98. The van der Waals surface area contributed by atoms with Crippen LogP contribution >= 0.6 is 0 Å². The first-order valence-electron chi connectivity index (χ1n) is 8.03. The summed E-state index contributed by atoms with van der Waals surface area (Å²) in [6, 6.07) is 3.21. The Morgan fingerprint density at radius 1 is 1.35 bits per heavy atom. The molecule has 0 aromatic carbocycles. The van der Waals surface area contributed by atoms with Gasteiger partial charge in [-0.15, -0.1) is 0 Å². The van der Waals surface area contributed by atoms with Crippen molar-refractivity contribution < 1.29 is 18.7 Å². The van der Waals surface area contributed by atoms with Gasteiger partial charge in [-0.2, -0.15) is 0 Å². The standard InChI is InChI=1S/C17H26N2O4/c1-17(2,3)18-15(20)13-7-5-6-10-19(13)11-12-8-9-14(23-12)16(21)22-4/h8-9,13H,5-7,10-11H2,1-4H3,(H,18,20)/t13-/m1/s1. The summed E-state index contributed by atoms with van der Waals surface area (Å²) in [6.07, 6.45) is 2.95. The molecule has 23 heavy (non-hydrogen) atoms. The number of nitrogens with zero attached hydrogens (tertiary/aromatic N) is 1. The molecule has 1 saturated heterocycles. The van der Waals surface area contributed by atoms with Gasteiger partial charge in [-0.3, -0.25) is 9.69 Å². The Labute approximate surface area is 137 Å². The molecule has 1 aliphatic heterocycles. The average Bonchev–Trinajstić information content (AvgIpc) is 2.93. The molecule has 0 bridgehead atoms. The zero-order chi connectivity index (χ0) is 17.0. The van der Waals surface area contributed by atoms with E-state index in [0.29, 0.717) is 12.3 Å². The number of rotatable bonds is 4. The Hall–Kier alpha value is -1.82. The lowest BCUT2D eigenvalue weighted by molar-refractivity contribution is -0.129. The SMILES string of the molecule is COC(=O)c1ccc(CN2CCCC[C@@H]2C(=O)NC(C)(C)C)o1. The number of methoxy groups -OCH3 is 1. The highest BCUT2D eigenvalue weighted by molar-refractivity contribution is 5.86. The lowest BCUT2D eigenvalue weighted by atomic mass is 9.99. The van der Waals surface area contributed by atoms with Crippen LogP contribution in [0.25, 0.3) is 0 Å². The van der Waals surface area contributed by atoms with Crippen LogP contribution in [0.15, 0.2) is 16.5 Å². The number of carbonyl (C=O) groups excluding carboxylic acids is 2. The Balaban J connectivity index is 2.05. The summed E-state index contributed by atoms with van der Waals surface area (Å²) in [5.41, 5.74) is -0.247. The maximum Gasteiger partial charge on any atom is 0.373 e. The van der Waals surface area contributed by atoms with Crippen LogP contribution in [0.4, 0.5) is 0 Å². The molecule has 0 unspecified atom stereocenters. The number of nitrogens with one attached hydrogen (secondary N) is 1. The van der Waals surface area contributed by atoms with E-state index in [9.17, 15) is 9.59 Å². The van der Waals surface area contributed by atoms with Crippen molar-refractivity contribution in [1.82, 2.24) is 10.2 Å². The van der Waals surface area contributed by atoms with E-state index in [1.54, 1.807) is 12.1 Å². The monoisotopic (exact) mass is 322 g/mol. The third-order valence-corrected chi connectivity index (χ3v) is 3.82. The Bertz CT molecular complexity index is 559. The zero-order valence-corrected chi connectivity index (χ0v) is 14.3. The minimum atomic E-state index is -0.489. The van der Waals surface area contributed by atoms with Crippen LogP contribution < -0.4 is 5.32 Å². The van der Waals surface area contributed by atoms with Crippen LogP contribution in [0.2, 0.25) is 0 Å². The van der Waals surface area contributed by atoms with Gasteiger partial charge in [-0.1, -0.05) is 6.42 Å². The van der Waals surface area contributed by atoms with Crippen LogP contribution in [-0.2, 0) is 16.1 Å². The van der Waals surface area contributed by atoms with Gasteiger partial charge >= 0.3 is 5.97 Å². The van der Waals surface area contributed by atoms with Crippen molar-refractivity contribution >= 4 is 11.9 Å². The largest absolute Gasteiger partial charge is 0.463 e. The molecule has 2 heterocycles. The minimum absolute atomic E-state index is 0.0527. The first kappa shape index (κ1) is 17.5. The number of furan rings is 1. The summed E-state index contributed by atoms with van der Waals surface area (Å²) in [4.78, 5) is 26.1. The number of piperidine rings is 1. The van der Waals surface area contributed by atoms with E-state index in [1.807, 2.05) is 20.8 Å². The topological polar surface area (TPSA) is 71.8 Å². The average molecular weight is 322 g/mol. The number of esters is 1. The summed E-state index contributed by atoms with van der Waals surface area (Å²) in [5, 5.41) is 3.05. The number of ether oxygens (including phenoxy) is 1. The van der Waals surface area contributed by atoms with Gasteiger partial charge < -0.3 is 14.5 Å². The first-order chi connectivity index (χ1) is 10.8. The van der Waals surface area contributed by atoms with E-state index >= 15 is 0 Å². The van der Waals surface area contributed by atoms with Crippen LogP contribution in [-0.4, -0.2) is 42.0 Å². The van der Waals surface area contributed by atoms with Crippen molar-refractivity contribution in [3.8, 4) is 0 Å². The summed E-state index contributed by atoms with van der Waals surface area (Å²) in [7, 11) is 1.32. The van der Waals surface area contributed by atoms with Crippen molar-refractivity contribution in [1.29, 1.82) is 0 Å². The number of likely N-dealkylation sites (tertiary alicyclic amines) is 1. The van der Waals surface area contributed by atoms with Gasteiger partial charge in [0.15, 0.2) is 0 Å². The van der Waals surface area contributed by atoms with Crippen LogP contribution in [0.1, 0.15) is 56.3 Å². The van der Waals surface area contributed by atoms with Gasteiger partial charge in [0.1, 0.15) is 5.76 Å². The molecule has 1 atom stereocenters. The molecule has 2 rings (SSSR count). The Kier molecular flexibility index (Phi) is 5.46. The third kappa shape index (κ3) is 4.82. The normalized spacial score (nSPS) is 19.4. The molecule has 0 saturated carbocycles. The van der Waals surface area contributed by atoms with Gasteiger partial charge in [0, 0.05) is 5.54 Å². The van der Waals surface area contributed by atoms with Crippen molar-refractivity contribution in [2.75, 3.05) is 13.7 Å². The molecule has 1 aromatic heterocycles. The fourth-order valence-corrected chi connectivity index (χ4v) is 2.80. The lowest BCUT2D eigenvalue weighted by Gasteiger charge is -2.35. The van der Waals surface area contributed by atoms with E-state index in [4.69, 9.17) is 4.42 Å². The highest BCUT2D eigenvalue weighted by atomic mass is 16.5. The zero-order valence-electron chi connectivity index (χ0n) is 14.3. The van der Waals surface area contributed by atoms with E-state index in [2.05, 4.69) is 15.0 Å². The van der Waals surface area contributed by atoms with Crippen molar-refractivity contribution in [3.05, 3.63) is 23.7 Å². The molecular weight excluding hydrogens is 296 g/mol. The minimum Gasteiger partial charge on any atom is -0.463 e. The number of amides is 1. The first-order valence-corrected chi connectivity index (χ1v) is 8.03. The van der Waals surface area contributed by atoms with Crippen LogP contribution in [0.5, 0.6) is 0 Å². The Morgan fingerprint density at radius 3 is 2.74 bits per heavy atom. The number of carbonyl (C=O) groups is 2. The predicted molar refractivity (Wildman–Crippen MR) is 86.0 cm³/mol. The fraction of sp³-hybridized carbons (Fsp3) is 0.647. The van der Waals surface area contributed by atoms with E-state index in [1.165, 1.54) is 7.11 Å². The highest BCUT2D eigenvalue weighted by Gasteiger charge is 2.31. The lowest BCUT2D eigenvalue weighted by Crippen LogP contribution is -2.53. The molecule has 1 amide bonds. The molecule has 1 aliphatic rings. The molecule has 1 fully saturated rings. The van der Waals surface area contributed by atoms with Crippen LogP contribution in [0, 0.1) is 0 Å². The van der Waals surface area contributed by atoms with Gasteiger partial charge in [-0.05, 0) is 52.3 Å². The smallest absolute Gasteiger partial charge is 0.373 e. The molecule has 1 N–H and O–H groups in total. The van der Waals surface area contributed by atoms with Crippen molar-refractivity contribution in [2.24, 2.45) is 0 Å². The molecule has 1 aromatic rings. The summed E-state index contributed by atoms with van der Waals surface area (Å²) < 4.78 is 10.2. The second-order valence-corrected chi connectivity index (χ2v) is 6.98. The Morgan fingerprint density at radius 2 is 2.09 bits per heavy atom. The third-order valence-electron chi connectivity index (χ3n) is 3.82. The molecule has 0 aliphatic carbocycles. The van der Waals surface area contributed by atoms with Crippen molar-refractivity contribution in [2.45, 2.75) is 58.2 Å². The van der Waals surface area contributed by atoms with Gasteiger partial charge in [0.25, 0.3) is 0 Å². The quantitative estimate of drug-likeness (QED) is 0.862. The molecule has 6 nitrogen and oxygen atoms in total. The molecule has 6 heteroatoms. The molecule has 0 spiro atoms. The highest BCUT2D eigenvalue weighted by Crippen LogP contribution is 2.21. The van der Waals surface area contributed by atoms with Gasteiger partial charge in [-0.25, -0.2) is 4.79 Å². The number of hydrogen-bond acceptors (Lipinski definition) is 5. The summed E-state index contributed by atoms with van der Waals surface area (Å²) in [6.45, 7) is 7.30. The van der Waals surface area contributed by atoms with E-state index < -0.39 is 5.97 Å². The maximum atomic E-state index is 12.5. The molecular formula is C17H26N2O4. The van der Waals surface area contributed by atoms with Crippen molar-refractivity contribution in [3.63, 3.8) is 0 Å². The maximum absolute atomic E-state index is 12.5. The summed E-state index contributed by atoms with van der Waals surface area (Å²) in [5.74, 6) is 0.421. The molecule has 128 valence electrons. The molecule has 0 radical (unpaired) electrons. The second kappa shape index (κ2) is 7.17. The number of hydrogen-bond donors (Lipinski definition) is 1. The van der Waals surface area contributed by atoms with Gasteiger partial charge in [0.05, 0.1) is 19.7 Å². The van der Waals surface area contributed by atoms with E-state index in [0.717, 1.165) is 25.8 Å². The van der Waals surface area contributed by atoms with Gasteiger partial charge in [0.2, 0.25) is 11.7 Å². The van der Waals surface area contributed by atoms with E-state index in [-0.39, 0.29) is 23.2 Å².